The average molecular weight is 312 g/mol. The number of rotatable bonds is 5. The predicted molar refractivity (Wildman–Crippen MR) is 89.0 cm³/mol. The van der Waals surface area contributed by atoms with Crippen LogP contribution in [0.3, 0.4) is 0 Å². The molecule has 2 amide bonds. The van der Waals surface area contributed by atoms with E-state index in [1.807, 2.05) is 43.3 Å². The second-order valence-corrected chi connectivity index (χ2v) is 5.38. The smallest absolute Gasteiger partial charge is 0.313 e. The third-order valence-electron chi connectivity index (χ3n) is 3.29. The van der Waals surface area contributed by atoms with Gasteiger partial charge in [0.25, 0.3) is 0 Å². The molecule has 0 aliphatic carbocycles. The van der Waals surface area contributed by atoms with Gasteiger partial charge in [-0.2, -0.15) is 0 Å². The lowest BCUT2D eigenvalue weighted by atomic mass is 10.1. The Morgan fingerprint density at radius 1 is 1.04 bits per heavy atom. The molecule has 2 aromatic carbocycles. The number of anilines is 1. The first kappa shape index (κ1) is 16.7. The van der Waals surface area contributed by atoms with E-state index in [-0.39, 0.29) is 6.54 Å². The number of aliphatic hydroxyl groups excluding tert-OH is 1. The van der Waals surface area contributed by atoms with Gasteiger partial charge in [-0.25, -0.2) is 0 Å². The van der Waals surface area contributed by atoms with E-state index < -0.39 is 17.9 Å². The molecule has 0 fully saturated rings. The second-order valence-electron chi connectivity index (χ2n) is 5.38. The minimum Gasteiger partial charge on any atom is -0.391 e. The van der Waals surface area contributed by atoms with Gasteiger partial charge < -0.3 is 15.7 Å². The van der Waals surface area contributed by atoms with Crippen molar-refractivity contribution in [1.29, 1.82) is 0 Å². The lowest BCUT2D eigenvalue weighted by Gasteiger charge is -2.12. The second kappa shape index (κ2) is 8.10. The molecule has 2 rings (SSSR count). The van der Waals surface area contributed by atoms with Crippen LogP contribution < -0.4 is 10.6 Å². The summed E-state index contributed by atoms with van der Waals surface area (Å²) < 4.78 is 0. The topological polar surface area (TPSA) is 78.4 Å². The standard InChI is InChI=1S/C18H20N2O3/c1-13-6-5-9-15(10-13)20-18(23)17(22)19-12-16(21)11-14-7-3-2-4-8-14/h2-10,16,21H,11-12H2,1H3,(H,19,22)(H,20,23). The van der Waals surface area contributed by atoms with Crippen molar-refractivity contribution in [2.24, 2.45) is 0 Å². The quantitative estimate of drug-likeness (QED) is 0.735. The Labute approximate surface area is 135 Å². The van der Waals surface area contributed by atoms with Gasteiger partial charge in [-0.1, -0.05) is 42.5 Å². The zero-order chi connectivity index (χ0) is 16.7. The molecule has 1 unspecified atom stereocenters. The van der Waals surface area contributed by atoms with Crippen molar-refractivity contribution in [1.82, 2.24) is 5.32 Å². The summed E-state index contributed by atoms with van der Waals surface area (Å²) in [6, 6.07) is 16.6. The maximum absolute atomic E-state index is 11.8. The summed E-state index contributed by atoms with van der Waals surface area (Å²) in [5.74, 6) is -1.51. The molecule has 0 aliphatic heterocycles. The van der Waals surface area contributed by atoms with E-state index in [9.17, 15) is 14.7 Å². The van der Waals surface area contributed by atoms with Gasteiger partial charge in [0.05, 0.1) is 6.10 Å². The largest absolute Gasteiger partial charge is 0.391 e. The van der Waals surface area contributed by atoms with Crippen molar-refractivity contribution in [3.8, 4) is 0 Å². The van der Waals surface area contributed by atoms with Crippen LogP contribution in [0.25, 0.3) is 0 Å². The first-order valence-corrected chi connectivity index (χ1v) is 7.42. The highest BCUT2D eigenvalue weighted by Gasteiger charge is 2.15. The summed E-state index contributed by atoms with van der Waals surface area (Å²) in [4.78, 5) is 23.5. The Kier molecular flexibility index (Phi) is 5.88. The van der Waals surface area contributed by atoms with E-state index in [1.165, 1.54) is 0 Å². The van der Waals surface area contributed by atoms with E-state index in [4.69, 9.17) is 0 Å². The van der Waals surface area contributed by atoms with Crippen LogP contribution in [0, 0.1) is 6.92 Å². The molecular weight excluding hydrogens is 292 g/mol. The normalized spacial score (nSPS) is 11.6. The maximum Gasteiger partial charge on any atom is 0.313 e. The fourth-order valence-electron chi connectivity index (χ4n) is 2.16. The summed E-state index contributed by atoms with van der Waals surface area (Å²) in [5.41, 5.74) is 2.52. The molecule has 1 atom stereocenters. The monoisotopic (exact) mass is 312 g/mol. The molecule has 0 heterocycles. The van der Waals surface area contributed by atoms with Crippen LogP contribution >= 0.6 is 0 Å². The Morgan fingerprint density at radius 3 is 2.48 bits per heavy atom. The molecule has 0 aliphatic rings. The van der Waals surface area contributed by atoms with Crippen LogP contribution in [-0.4, -0.2) is 29.6 Å². The SMILES string of the molecule is Cc1cccc(NC(=O)C(=O)NCC(O)Cc2ccccc2)c1. The van der Waals surface area contributed by atoms with Crippen LogP contribution in [0.15, 0.2) is 54.6 Å². The highest BCUT2D eigenvalue weighted by molar-refractivity contribution is 6.39. The number of aryl methyl sites for hydroxylation is 1. The summed E-state index contributed by atoms with van der Waals surface area (Å²) in [7, 11) is 0. The van der Waals surface area contributed by atoms with Gasteiger partial charge in [-0.15, -0.1) is 0 Å². The molecule has 23 heavy (non-hydrogen) atoms. The molecule has 2 aromatic rings. The number of carbonyl (C=O) groups excluding carboxylic acids is 2. The highest BCUT2D eigenvalue weighted by atomic mass is 16.3. The minimum absolute atomic E-state index is 0.0228. The van der Waals surface area contributed by atoms with Crippen LogP contribution in [0.5, 0.6) is 0 Å². The molecule has 0 spiro atoms. The van der Waals surface area contributed by atoms with Gasteiger partial charge in [-0.05, 0) is 30.2 Å². The van der Waals surface area contributed by atoms with E-state index in [1.54, 1.807) is 18.2 Å². The van der Waals surface area contributed by atoms with Crippen molar-refractivity contribution in [2.45, 2.75) is 19.4 Å². The Balaban J connectivity index is 1.78. The number of hydrogen-bond donors (Lipinski definition) is 3. The summed E-state index contributed by atoms with van der Waals surface area (Å²) >= 11 is 0. The molecule has 3 N–H and O–H groups in total. The first-order chi connectivity index (χ1) is 11.0. The lowest BCUT2D eigenvalue weighted by Crippen LogP contribution is -2.40. The van der Waals surface area contributed by atoms with Crippen molar-refractivity contribution in [2.75, 3.05) is 11.9 Å². The predicted octanol–water partition coefficient (Wildman–Crippen LogP) is 1.65. The van der Waals surface area contributed by atoms with E-state index in [2.05, 4.69) is 10.6 Å². The Morgan fingerprint density at radius 2 is 1.78 bits per heavy atom. The average Bonchev–Trinajstić information content (AvgIpc) is 2.53. The molecule has 0 aromatic heterocycles. The number of hydrogen-bond acceptors (Lipinski definition) is 3. The number of nitrogens with one attached hydrogen (secondary N) is 2. The fraction of sp³-hybridized carbons (Fsp3) is 0.222. The van der Waals surface area contributed by atoms with Crippen LogP contribution in [0.4, 0.5) is 5.69 Å². The maximum atomic E-state index is 11.8. The third kappa shape index (κ3) is 5.56. The van der Waals surface area contributed by atoms with Gasteiger partial charge in [0.2, 0.25) is 0 Å². The molecule has 0 saturated carbocycles. The zero-order valence-electron chi connectivity index (χ0n) is 13.0. The molecule has 0 bridgehead atoms. The molecular formula is C18H20N2O3. The fourth-order valence-corrected chi connectivity index (χ4v) is 2.16. The Hall–Kier alpha value is -2.66. The van der Waals surface area contributed by atoms with Crippen LogP contribution in [-0.2, 0) is 16.0 Å². The number of carbonyl (C=O) groups is 2. The van der Waals surface area contributed by atoms with E-state index >= 15 is 0 Å². The van der Waals surface area contributed by atoms with Gasteiger partial charge >= 0.3 is 11.8 Å². The molecule has 5 heteroatoms. The number of amides is 2. The third-order valence-corrected chi connectivity index (χ3v) is 3.29. The van der Waals surface area contributed by atoms with Gasteiger partial charge in [0, 0.05) is 18.7 Å². The van der Waals surface area contributed by atoms with Crippen LogP contribution in [0.1, 0.15) is 11.1 Å². The van der Waals surface area contributed by atoms with Gasteiger partial charge in [0.15, 0.2) is 0 Å². The summed E-state index contributed by atoms with van der Waals surface area (Å²) in [5, 5.41) is 14.9. The zero-order valence-corrected chi connectivity index (χ0v) is 13.0. The van der Waals surface area contributed by atoms with Gasteiger partial charge in [0.1, 0.15) is 0 Å². The molecule has 120 valence electrons. The van der Waals surface area contributed by atoms with E-state index in [0.29, 0.717) is 12.1 Å². The van der Waals surface area contributed by atoms with Crippen molar-refractivity contribution in [3.05, 3.63) is 65.7 Å². The Bertz CT molecular complexity index is 671. The van der Waals surface area contributed by atoms with Crippen molar-refractivity contribution in [3.63, 3.8) is 0 Å². The first-order valence-electron chi connectivity index (χ1n) is 7.42. The van der Waals surface area contributed by atoms with Crippen molar-refractivity contribution >= 4 is 17.5 Å². The minimum atomic E-state index is -0.765. The summed E-state index contributed by atoms with van der Waals surface area (Å²) in [6.45, 7) is 1.92. The summed E-state index contributed by atoms with van der Waals surface area (Å²) in [6.07, 6.45) is -0.325. The highest BCUT2D eigenvalue weighted by Crippen LogP contribution is 2.09. The van der Waals surface area contributed by atoms with E-state index in [0.717, 1.165) is 11.1 Å². The van der Waals surface area contributed by atoms with Gasteiger partial charge in [-0.3, -0.25) is 9.59 Å². The number of aliphatic hydroxyl groups is 1. The molecule has 0 radical (unpaired) electrons. The van der Waals surface area contributed by atoms with Crippen LogP contribution in [0.2, 0.25) is 0 Å². The number of benzene rings is 2. The van der Waals surface area contributed by atoms with Crippen molar-refractivity contribution < 1.29 is 14.7 Å². The molecule has 0 saturated heterocycles. The lowest BCUT2D eigenvalue weighted by molar-refractivity contribution is -0.136. The molecule has 5 nitrogen and oxygen atoms in total.